The van der Waals surface area contributed by atoms with Crippen LogP contribution in [0.4, 0.5) is 0 Å². The van der Waals surface area contributed by atoms with E-state index in [1.807, 2.05) is 0 Å². The molecular formula is C10H9Cl2N3O3S. The smallest absolute Gasteiger partial charge is 0.296 e. The van der Waals surface area contributed by atoms with Gasteiger partial charge in [0.15, 0.2) is 5.82 Å². The van der Waals surface area contributed by atoms with Gasteiger partial charge in [-0.05, 0) is 18.2 Å². The van der Waals surface area contributed by atoms with Crippen molar-refractivity contribution in [2.45, 2.75) is 5.16 Å². The van der Waals surface area contributed by atoms with Crippen LogP contribution in [0.3, 0.4) is 0 Å². The standard InChI is InChI=1S/C10H9Cl2N3O3S/c1-15-9(13-14-10(15)19(12,16)17)7-5-6(11)3-4-8(7)18-2/h3-5H,1-2H3. The fraction of sp³-hybridized carbons (Fsp3) is 0.200. The number of hydrogen-bond acceptors (Lipinski definition) is 5. The number of hydrogen-bond donors (Lipinski definition) is 0. The summed E-state index contributed by atoms with van der Waals surface area (Å²) in [7, 11) is 4.28. The molecule has 1 aromatic heterocycles. The molecule has 0 radical (unpaired) electrons. The molecule has 1 heterocycles. The maximum Gasteiger partial charge on any atom is 0.296 e. The molecule has 0 unspecified atom stereocenters. The fourth-order valence-corrected chi connectivity index (χ4v) is 2.74. The predicted octanol–water partition coefficient (Wildman–Crippen LogP) is 2.07. The van der Waals surface area contributed by atoms with E-state index in [1.54, 1.807) is 18.2 Å². The highest BCUT2D eigenvalue weighted by Gasteiger charge is 2.22. The molecule has 19 heavy (non-hydrogen) atoms. The Balaban J connectivity index is 2.67. The normalized spacial score (nSPS) is 11.6. The van der Waals surface area contributed by atoms with Gasteiger partial charge in [-0.3, -0.25) is 4.57 Å². The third-order valence-electron chi connectivity index (χ3n) is 2.46. The summed E-state index contributed by atoms with van der Waals surface area (Å²) in [5.41, 5.74) is 0.525. The fourth-order valence-electron chi connectivity index (χ4n) is 1.62. The quantitative estimate of drug-likeness (QED) is 0.809. The summed E-state index contributed by atoms with van der Waals surface area (Å²) in [5, 5.41) is 7.50. The van der Waals surface area contributed by atoms with E-state index in [0.717, 1.165) is 0 Å². The summed E-state index contributed by atoms with van der Waals surface area (Å²) in [5.74, 6) is 0.789. The van der Waals surface area contributed by atoms with Gasteiger partial charge in [0.1, 0.15) is 5.75 Å². The average Bonchev–Trinajstić information content (AvgIpc) is 2.70. The Morgan fingerprint density at radius 3 is 2.53 bits per heavy atom. The lowest BCUT2D eigenvalue weighted by atomic mass is 10.2. The van der Waals surface area contributed by atoms with Gasteiger partial charge in [0.2, 0.25) is 0 Å². The first kappa shape index (κ1) is 14.1. The van der Waals surface area contributed by atoms with Gasteiger partial charge in [-0.1, -0.05) is 11.6 Å². The van der Waals surface area contributed by atoms with Crippen molar-refractivity contribution in [3.05, 3.63) is 23.2 Å². The van der Waals surface area contributed by atoms with Crippen molar-refractivity contribution in [3.63, 3.8) is 0 Å². The molecular weight excluding hydrogens is 313 g/mol. The van der Waals surface area contributed by atoms with Crippen molar-refractivity contribution in [3.8, 4) is 17.1 Å². The van der Waals surface area contributed by atoms with Crippen LogP contribution in [0.15, 0.2) is 23.4 Å². The summed E-state index contributed by atoms with van der Waals surface area (Å²) >= 11 is 5.92. The van der Waals surface area contributed by atoms with Crippen molar-refractivity contribution < 1.29 is 13.2 Å². The lowest BCUT2D eigenvalue weighted by molar-refractivity contribution is 0.416. The van der Waals surface area contributed by atoms with E-state index in [-0.39, 0.29) is 5.16 Å². The van der Waals surface area contributed by atoms with Gasteiger partial charge in [0.05, 0.1) is 12.7 Å². The molecule has 2 rings (SSSR count). The van der Waals surface area contributed by atoms with E-state index in [2.05, 4.69) is 10.2 Å². The summed E-state index contributed by atoms with van der Waals surface area (Å²) in [6, 6.07) is 4.91. The second kappa shape index (κ2) is 4.99. The highest BCUT2D eigenvalue weighted by Crippen LogP contribution is 2.32. The van der Waals surface area contributed by atoms with Crippen molar-refractivity contribution in [2.75, 3.05) is 7.11 Å². The minimum atomic E-state index is -3.96. The van der Waals surface area contributed by atoms with Crippen molar-refractivity contribution in [1.82, 2.24) is 14.8 Å². The van der Waals surface area contributed by atoms with Crippen molar-refractivity contribution in [1.29, 1.82) is 0 Å². The lowest BCUT2D eigenvalue weighted by Gasteiger charge is -2.08. The Kier molecular flexibility index (Phi) is 3.71. The summed E-state index contributed by atoms with van der Waals surface area (Å²) in [6.07, 6.45) is 0. The number of halogens is 2. The van der Waals surface area contributed by atoms with Crippen LogP contribution in [0, 0.1) is 0 Å². The van der Waals surface area contributed by atoms with Gasteiger partial charge < -0.3 is 4.74 Å². The maximum atomic E-state index is 11.3. The zero-order valence-corrected chi connectivity index (χ0v) is 12.3. The van der Waals surface area contributed by atoms with Gasteiger partial charge in [0.25, 0.3) is 14.2 Å². The van der Waals surface area contributed by atoms with E-state index in [1.165, 1.54) is 18.7 Å². The summed E-state index contributed by atoms with van der Waals surface area (Å²) < 4.78 is 29.1. The molecule has 2 aromatic rings. The Morgan fingerprint density at radius 1 is 1.32 bits per heavy atom. The molecule has 1 aromatic carbocycles. The highest BCUT2D eigenvalue weighted by atomic mass is 35.7. The van der Waals surface area contributed by atoms with E-state index in [4.69, 9.17) is 27.0 Å². The second-order valence-electron chi connectivity index (χ2n) is 3.65. The summed E-state index contributed by atoms with van der Waals surface area (Å²) in [6.45, 7) is 0. The van der Waals surface area contributed by atoms with Crippen LogP contribution in [0.2, 0.25) is 5.02 Å². The number of aromatic nitrogens is 3. The molecule has 0 aliphatic heterocycles. The first-order valence-corrected chi connectivity index (χ1v) is 7.71. The van der Waals surface area contributed by atoms with Crippen molar-refractivity contribution >= 4 is 31.3 Å². The van der Waals surface area contributed by atoms with E-state index in [0.29, 0.717) is 22.2 Å². The molecule has 0 atom stereocenters. The highest BCUT2D eigenvalue weighted by molar-refractivity contribution is 8.13. The topological polar surface area (TPSA) is 74.1 Å². The Labute approximate surface area is 119 Å². The van der Waals surface area contributed by atoms with Gasteiger partial charge in [-0.2, -0.15) is 0 Å². The summed E-state index contributed by atoms with van der Waals surface area (Å²) in [4.78, 5) is 0. The van der Waals surface area contributed by atoms with Crippen LogP contribution >= 0.6 is 22.3 Å². The number of methoxy groups -OCH3 is 1. The maximum absolute atomic E-state index is 11.3. The monoisotopic (exact) mass is 321 g/mol. The minimum absolute atomic E-state index is 0.290. The van der Waals surface area contributed by atoms with Crippen LogP contribution in [0.5, 0.6) is 5.75 Å². The van der Waals surface area contributed by atoms with Crippen molar-refractivity contribution in [2.24, 2.45) is 7.05 Å². The van der Waals surface area contributed by atoms with E-state index < -0.39 is 9.05 Å². The molecule has 9 heteroatoms. The number of rotatable bonds is 3. The largest absolute Gasteiger partial charge is 0.496 e. The zero-order chi connectivity index (χ0) is 14.2. The van der Waals surface area contributed by atoms with E-state index in [9.17, 15) is 8.42 Å². The van der Waals surface area contributed by atoms with Gasteiger partial charge in [0, 0.05) is 22.8 Å². The Morgan fingerprint density at radius 2 is 2.00 bits per heavy atom. The van der Waals surface area contributed by atoms with Gasteiger partial charge >= 0.3 is 0 Å². The third-order valence-corrected chi connectivity index (χ3v) is 3.90. The van der Waals surface area contributed by atoms with Crippen LogP contribution < -0.4 is 4.74 Å². The molecule has 102 valence electrons. The minimum Gasteiger partial charge on any atom is -0.496 e. The van der Waals surface area contributed by atoms with Crippen LogP contribution in [-0.2, 0) is 16.1 Å². The van der Waals surface area contributed by atoms with Crippen LogP contribution in [0.25, 0.3) is 11.4 Å². The van der Waals surface area contributed by atoms with Crippen LogP contribution in [-0.4, -0.2) is 30.3 Å². The predicted molar refractivity (Wildman–Crippen MR) is 71.0 cm³/mol. The number of ether oxygens (including phenoxy) is 1. The molecule has 6 nitrogen and oxygen atoms in total. The van der Waals surface area contributed by atoms with Crippen LogP contribution in [0.1, 0.15) is 0 Å². The van der Waals surface area contributed by atoms with E-state index >= 15 is 0 Å². The molecule has 0 amide bonds. The number of benzene rings is 1. The third kappa shape index (κ3) is 2.68. The molecule has 0 aliphatic rings. The first-order chi connectivity index (χ1) is 8.84. The zero-order valence-electron chi connectivity index (χ0n) is 9.96. The Hall–Kier alpha value is -1.31. The Bertz CT molecular complexity index is 728. The molecule has 0 saturated heterocycles. The number of nitrogens with zero attached hydrogens (tertiary/aromatic N) is 3. The molecule has 0 saturated carbocycles. The first-order valence-electron chi connectivity index (χ1n) is 5.02. The average molecular weight is 322 g/mol. The van der Waals surface area contributed by atoms with Gasteiger partial charge in [-0.15, -0.1) is 10.2 Å². The second-order valence-corrected chi connectivity index (χ2v) is 6.54. The lowest BCUT2D eigenvalue weighted by Crippen LogP contribution is -2.03. The molecule has 0 spiro atoms. The molecule has 0 N–H and O–H groups in total. The molecule has 0 aliphatic carbocycles. The molecule has 0 bridgehead atoms. The SMILES string of the molecule is COc1ccc(Cl)cc1-c1nnc(S(=O)(=O)Cl)n1C. The van der Waals surface area contributed by atoms with Gasteiger partial charge in [-0.25, -0.2) is 8.42 Å². The molecule has 0 fully saturated rings.